The maximum Gasteiger partial charge on any atom is 0.252 e. The first-order valence-electron chi connectivity index (χ1n) is 8.89. The molecule has 0 unspecified atom stereocenters. The summed E-state index contributed by atoms with van der Waals surface area (Å²) in [6.45, 7) is 8.09. The lowest BCUT2D eigenvalue weighted by Crippen LogP contribution is -2.31. The Bertz CT molecular complexity index is 1030. The molecule has 0 atom stereocenters. The Hall–Kier alpha value is -2.61. The molecule has 2 heterocycles. The van der Waals surface area contributed by atoms with Gasteiger partial charge < -0.3 is 4.90 Å². The van der Waals surface area contributed by atoms with Crippen LogP contribution >= 0.6 is 15.9 Å². The molecule has 146 valence electrons. The van der Waals surface area contributed by atoms with Gasteiger partial charge in [0.1, 0.15) is 12.1 Å². The molecule has 0 fully saturated rings. The van der Waals surface area contributed by atoms with Crippen molar-refractivity contribution in [2.75, 3.05) is 6.54 Å². The number of hydrogen-bond acceptors (Lipinski definition) is 4. The van der Waals surface area contributed by atoms with Crippen molar-refractivity contribution in [3.63, 3.8) is 0 Å². The van der Waals surface area contributed by atoms with E-state index < -0.39 is 0 Å². The van der Waals surface area contributed by atoms with Crippen LogP contribution in [0.4, 0.5) is 4.39 Å². The van der Waals surface area contributed by atoms with Crippen molar-refractivity contribution in [1.29, 1.82) is 0 Å². The van der Waals surface area contributed by atoms with Crippen LogP contribution in [0, 0.1) is 19.7 Å². The van der Waals surface area contributed by atoms with Crippen molar-refractivity contribution >= 4 is 27.6 Å². The molecule has 3 rings (SSSR count). The third-order valence-corrected chi connectivity index (χ3v) is 5.14. The zero-order valence-corrected chi connectivity index (χ0v) is 17.4. The molecule has 6 nitrogen and oxygen atoms in total. The Balaban J connectivity index is 1.76. The number of halogens is 2. The van der Waals surface area contributed by atoms with Gasteiger partial charge in [0, 0.05) is 40.9 Å². The smallest absolute Gasteiger partial charge is 0.252 e. The minimum atomic E-state index is -0.336. The molecule has 0 spiro atoms. The van der Waals surface area contributed by atoms with E-state index in [-0.39, 0.29) is 24.7 Å². The van der Waals surface area contributed by atoms with Crippen molar-refractivity contribution in [2.45, 2.75) is 33.2 Å². The second-order valence-corrected chi connectivity index (χ2v) is 7.45. The number of hydrogen-bond donors (Lipinski definition) is 0. The molecule has 0 aliphatic rings. The van der Waals surface area contributed by atoms with E-state index in [2.05, 4.69) is 37.6 Å². The van der Waals surface area contributed by atoms with Crippen LogP contribution in [-0.4, -0.2) is 36.9 Å². The summed E-state index contributed by atoms with van der Waals surface area (Å²) in [4.78, 5) is 23.0. The lowest BCUT2D eigenvalue weighted by Gasteiger charge is -2.22. The predicted molar refractivity (Wildman–Crippen MR) is 108 cm³/mol. The molecule has 2 aromatic heterocycles. The minimum Gasteiger partial charge on any atom is -0.335 e. The summed E-state index contributed by atoms with van der Waals surface area (Å²) >= 11 is 3.35. The van der Waals surface area contributed by atoms with E-state index in [1.807, 2.05) is 13.8 Å². The van der Waals surface area contributed by atoms with Crippen LogP contribution in [0.2, 0.25) is 0 Å². The lowest BCUT2D eigenvalue weighted by atomic mass is 10.1. The van der Waals surface area contributed by atoms with Gasteiger partial charge in [-0.3, -0.25) is 4.79 Å². The van der Waals surface area contributed by atoms with E-state index in [4.69, 9.17) is 0 Å². The molecule has 0 aliphatic carbocycles. The van der Waals surface area contributed by atoms with Gasteiger partial charge in [-0.15, -0.1) is 6.58 Å². The maximum atomic E-state index is 14.1. The zero-order chi connectivity index (χ0) is 20.3. The first kappa shape index (κ1) is 20.1. The number of aryl methyl sites for hydroxylation is 2. The quantitative estimate of drug-likeness (QED) is 0.519. The second kappa shape index (κ2) is 8.60. The number of nitrogens with zero attached hydrogens (tertiary/aromatic N) is 5. The van der Waals surface area contributed by atoms with Gasteiger partial charge in [0.2, 0.25) is 5.91 Å². The van der Waals surface area contributed by atoms with Crippen LogP contribution in [0.1, 0.15) is 28.9 Å². The van der Waals surface area contributed by atoms with Gasteiger partial charge in [0.25, 0.3) is 5.78 Å². The zero-order valence-electron chi connectivity index (χ0n) is 15.8. The van der Waals surface area contributed by atoms with Crippen LogP contribution in [0.5, 0.6) is 0 Å². The first-order valence-corrected chi connectivity index (χ1v) is 9.68. The van der Waals surface area contributed by atoms with Gasteiger partial charge >= 0.3 is 0 Å². The molecule has 1 amide bonds. The number of benzene rings is 1. The fraction of sp³-hybridized carbons (Fsp3) is 0.300. The fourth-order valence-corrected chi connectivity index (χ4v) is 3.60. The number of fused-ring (bicyclic) bond motifs is 1. The van der Waals surface area contributed by atoms with Gasteiger partial charge in [-0.1, -0.05) is 22.0 Å². The largest absolute Gasteiger partial charge is 0.335 e. The van der Waals surface area contributed by atoms with E-state index >= 15 is 0 Å². The molecular weight excluding hydrogens is 425 g/mol. The minimum absolute atomic E-state index is 0.0724. The lowest BCUT2D eigenvalue weighted by molar-refractivity contribution is -0.131. The highest BCUT2D eigenvalue weighted by Gasteiger charge is 2.17. The van der Waals surface area contributed by atoms with E-state index in [1.54, 1.807) is 27.6 Å². The Labute approximate surface area is 171 Å². The summed E-state index contributed by atoms with van der Waals surface area (Å²) < 4.78 is 16.5. The third-order valence-electron chi connectivity index (χ3n) is 4.65. The van der Waals surface area contributed by atoms with Gasteiger partial charge in [-0.05, 0) is 44.0 Å². The highest BCUT2D eigenvalue weighted by Crippen LogP contribution is 2.19. The van der Waals surface area contributed by atoms with Crippen molar-refractivity contribution in [2.24, 2.45) is 0 Å². The van der Waals surface area contributed by atoms with E-state index in [1.165, 1.54) is 12.4 Å². The molecule has 0 aliphatic heterocycles. The topological polar surface area (TPSA) is 63.4 Å². The SMILES string of the molecule is C=CCN(Cc1cc(Br)ccc1F)C(=O)CCc1c(C)nc2ncnn2c1C. The summed E-state index contributed by atoms with van der Waals surface area (Å²) in [6.07, 6.45) is 3.91. The average Bonchev–Trinajstić information content (AvgIpc) is 3.12. The van der Waals surface area contributed by atoms with Crippen molar-refractivity contribution < 1.29 is 9.18 Å². The summed E-state index contributed by atoms with van der Waals surface area (Å²) in [5.41, 5.74) is 3.18. The molecule has 0 saturated carbocycles. The second-order valence-electron chi connectivity index (χ2n) is 6.53. The van der Waals surface area contributed by atoms with Crippen LogP contribution < -0.4 is 0 Å². The number of rotatable bonds is 7. The normalized spacial score (nSPS) is 11.0. The number of carbonyl (C=O) groups is 1. The van der Waals surface area contributed by atoms with E-state index in [0.29, 0.717) is 24.3 Å². The predicted octanol–water partition coefficient (Wildman–Crippen LogP) is 3.79. The standard InChI is InChI=1S/C20H21BrFN5O/c1-4-9-26(11-15-10-16(21)5-7-18(15)22)19(28)8-6-17-13(2)25-20-23-12-24-27(20)14(17)3/h4-5,7,10,12H,1,6,8-9,11H2,2-3H3. The summed E-state index contributed by atoms with van der Waals surface area (Å²) in [6, 6.07) is 4.72. The van der Waals surface area contributed by atoms with E-state index in [9.17, 15) is 9.18 Å². The fourth-order valence-electron chi connectivity index (χ4n) is 3.19. The third kappa shape index (κ3) is 4.27. The van der Waals surface area contributed by atoms with Gasteiger partial charge in [-0.2, -0.15) is 10.1 Å². The Morgan fingerprint density at radius 2 is 2.18 bits per heavy atom. The highest BCUT2D eigenvalue weighted by molar-refractivity contribution is 9.10. The van der Waals surface area contributed by atoms with E-state index in [0.717, 1.165) is 21.4 Å². The summed E-state index contributed by atoms with van der Waals surface area (Å²) in [7, 11) is 0. The summed E-state index contributed by atoms with van der Waals surface area (Å²) in [5, 5.41) is 4.17. The Morgan fingerprint density at radius 3 is 2.93 bits per heavy atom. The molecule has 8 heteroatoms. The number of amides is 1. The van der Waals surface area contributed by atoms with Crippen molar-refractivity contribution in [1.82, 2.24) is 24.5 Å². The molecule has 1 aromatic carbocycles. The highest BCUT2D eigenvalue weighted by atomic mass is 79.9. The molecule has 0 radical (unpaired) electrons. The monoisotopic (exact) mass is 445 g/mol. The van der Waals surface area contributed by atoms with Crippen LogP contribution in [0.25, 0.3) is 5.78 Å². The summed E-state index contributed by atoms with van der Waals surface area (Å²) in [5.74, 6) is 0.137. The molecule has 0 bridgehead atoms. The molecule has 0 saturated heterocycles. The van der Waals surface area contributed by atoms with Crippen LogP contribution in [-0.2, 0) is 17.8 Å². The first-order chi connectivity index (χ1) is 13.4. The van der Waals surface area contributed by atoms with Crippen LogP contribution in [0.15, 0.2) is 41.7 Å². The van der Waals surface area contributed by atoms with Gasteiger partial charge in [0.15, 0.2) is 0 Å². The molecular formula is C20H21BrFN5O. The Kier molecular flexibility index (Phi) is 6.18. The van der Waals surface area contributed by atoms with Crippen molar-refractivity contribution in [3.05, 3.63) is 70.0 Å². The average molecular weight is 446 g/mol. The molecule has 28 heavy (non-hydrogen) atoms. The maximum absolute atomic E-state index is 14.1. The number of aromatic nitrogens is 4. The Morgan fingerprint density at radius 1 is 1.39 bits per heavy atom. The molecule has 0 N–H and O–H groups in total. The molecule has 3 aromatic rings. The number of carbonyl (C=O) groups excluding carboxylic acids is 1. The van der Waals surface area contributed by atoms with Gasteiger partial charge in [-0.25, -0.2) is 13.9 Å². The van der Waals surface area contributed by atoms with Gasteiger partial charge in [0.05, 0.1) is 0 Å². The van der Waals surface area contributed by atoms with Crippen LogP contribution in [0.3, 0.4) is 0 Å². The van der Waals surface area contributed by atoms with Crippen molar-refractivity contribution in [3.8, 4) is 0 Å².